The predicted molar refractivity (Wildman–Crippen MR) is 165 cm³/mol. The Morgan fingerprint density at radius 2 is 1.88 bits per heavy atom. The molecule has 2 saturated heterocycles. The maximum absolute atomic E-state index is 14.0. The molecule has 0 radical (unpaired) electrons. The van der Waals surface area contributed by atoms with Crippen LogP contribution in [0.2, 0.25) is 0 Å². The summed E-state index contributed by atoms with van der Waals surface area (Å²) in [6, 6.07) is 0. The Kier molecular flexibility index (Phi) is 10.9. The molecular formula is C35H52O8. The Morgan fingerprint density at radius 1 is 1.14 bits per heavy atom. The normalized spacial score (nSPS) is 44.7. The molecule has 0 aromatic rings. The number of carbonyl (C=O) groups is 1. The lowest BCUT2D eigenvalue weighted by molar-refractivity contribution is -0.363. The van der Waals surface area contributed by atoms with Crippen molar-refractivity contribution in [3.05, 3.63) is 58.7 Å². The second-order valence-corrected chi connectivity index (χ2v) is 13.4. The highest BCUT2D eigenvalue weighted by Crippen LogP contribution is 2.46. The molecule has 3 N–H and O–H groups in total. The Labute approximate surface area is 257 Å². The van der Waals surface area contributed by atoms with Crippen LogP contribution >= 0.6 is 0 Å². The van der Waals surface area contributed by atoms with Gasteiger partial charge in [0.25, 0.3) is 0 Å². The fraction of sp³-hybridized carbons (Fsp3) is 0.686. The summed E-state index contributed by atoms with van der Waals surface area (Å²) in [4.78, 5) is 14.0. The summed E-state index contributed by atoms with van der Waals surface area (Å²) >= 11 is 0. The van der Waals surface area contributed by atoms with Crippen molar-refractivity contribution in [3.8, 4) is 0 Å². The van der Waals surface area contributed by atoms with E-state index in [1.165, 1.54) is 5.57 Å². The van der Waals surface area contributed by atoms with E-state index in [0.29, 0.717) is 24.8 Å². The number of hydrogen-bond acceptors (Lipinski definition) is 8. The van der Waals surface area contributed by atoms with Gasteiger partial charge in [-0.25, -0.2) is 0 Å². The number of carbonyl (C=O) groups excluding carboxylic acids is 1. The summed E-state index contributed by atoms with van der Waals surface area (Å²) in [5, 5.41) is 33.0. The third kappa shape index (κ3) is 7.43. The number of aliphatic hydroxyl groups is 3. The molecule has 10 atom stereocenters. The van der Waals surface area contributed by atoms with E-state index in [9.17, 15) is 20.1 Å². The molecule has 2 fully saturated rings. The monoisotopic (exact) mass is 600 g/mol. The number of rotatable bonds is 3. The first kappa shape index (κ1) is 33.8. The summed E-state index contributed by atoms with van der Waals surface area (Å²) < 4.78 is 25.0. The SMILES string of the molecule is C/C=C(\C)[C@H]1O[C@@]2(C[C@@H]3C[C@@H](C/C=C(\C)C[C@@H](C)/C=C/C=C(\C)[C@]4(O)C[C@H](OCO)C(C)=C[C@H]4C(=O)O3)O2)C(O)C[C@@H]1C. The minimum absolute atomic E-state index is 0.0956. The highest BCUT2D eigenvalue weighted by molar-refractivity contribution is 5.78. The van der Waals surface area contributed by atoms with Gasteiger partial charge in [0.1, 0.15) is 30.5 Å². The van der Waals surface area contributed by atoms with Gasteiger partial charge in [-0.3, -0.25) is 4.79 Å². The smallest absolute Gasteiger partial charge is 0.316 e. The summed E-state index contributed by atoms with van der Waals surface area (Å²) in [6.45, 7) is 13.5. The van der Waals surface area contributed by atoms with E-state index in [4.69, 9.17) is 18.9 Å². The summed E-state index contributed by atoms with van der Waals surface area (Å²) in [6.07, 6.45) is 11.9. The Bertz CT molecular complexity index is 1170. The zero-order chi connectivity index (χ0) is 31.5. The maximum atomic E-state index is 14.0. The quantitative estimate of drug-likeness (QED) is 0.223. The fourth-order valence-electron chi connectivity index (χ4n) is 7.16. The van der Waals surface area contributed by atoms with Crippen LogP contribution in [0.4, 0.5) is 0 Å². The minimum Gasteiger partial charge on any atom is -0.462 e. The first-order valence-electron chi connectivity index (χ1n) is 15.8. The number of aliphatic hydroxyl groups excluding tert-OH is 2. The van der Waals surface area contributed by atoms with Crippen LogP contribution in [0.5, 0.6) is 0 Å². The highest BCUT2D eigenvalue weighted by atomic mass is 16.7. The molecule has 0 amide bonds. The van der Waals surface area contributed by atoms with Crippen LogP contribution in [0, 0.1) is 17.8 Å². The topological polar surface area (TPSA) is 115 Å². The molecule has 2 bridgehead atoms. The Balaban J connectivity index is 1.75. The van der Waals surface area contributed by atoms with Gasteiger partial charge in [-0.15, -0.1) is 0 Å². The van der Waals surface area contributed by atoms with Gasteiger partial charge in [0.15, 0.2) is 5.79 Å². The van der Waals surface area contributed by atoms with Gasteiger partial charge in [0, 0.05) is 19.3 Å². The first-order valence-corrected chi connectivity index (χ1v) is 15.8. The van der Waals surface area contributed by atoms with Crippen molar-refractivity contribution in [1.82, 2.24) is 0 Å². The van der Waals surface area contributed by atoms with Gasteiger partial charge in [0.05, 0.1) is 18.3 Å². The van der Waals surface area contributed by atoms with E-state index in [1.807, 2.05) is 45.9 Å². The lowest BCUT2D eigenvalue weighted by atomic mass is 9.71. The van der Waals surface area contributed by atoms with E-state index >= 15 is 0 Å². The maximum Gasteiger partial charge on any atom is 0.316 e. The van der Waals surface area contributed by atoms with Gasteiger partial charge >= 0.3 is 5.97 Å². The van der Waals surface area contributed by atoms with Crippen molar-refractivity contribution in [2.75, 3.05) is 6.79 Å². The molecule has 1 unspecified atom stereocenters. The number of hydrogen-bond donors (Lipinski definition) is 3. The van der Waals surface area contributed by atoms with Crippen molar-refractivity contribution < 1.29 is 39.1 Å². The highest BCUT2D eigenvalue weighted by Gasteiger charge is 2.55. The summed E-state index contributed by atoms with van der Waals surface area (Å²) in [5.41, 5.74) is 2.07. The van der Waals surface area contributed by atoms with Crippen molar-refractivity contribution in [1.29, 1.82) is 0 Å². The van der Waals surface area contributed by atoms with Gasteiger partial charge in [-0.1, -0.05) is 55.9 Å². The van der Waals surface area contributed by atoms with Crippen molar-refractivity contribution in [3.63, 3.8) is 0 Å². The molecule has 0 saturated carbocycles. The second kappa shape index (κ2) is 13.9. The van der Waals surface area contributed by atoms with E-state index < -0.39 is 48.4 Å². The third-order valence-electron chi connectivity index (χ3n) is 9.86. The van der Waals surface area contributed by atoms with Gasteiger partial charge < -0.3 is 34.3 Å². The largest absolute Gasteiger partial charge is 0.462 e. The molecule has 3 aliphatic heterocycles. The van der Waals surface area contributed by atoms with Gasteiger partial charge in [-0.05, 0) is 82.4 Å². The van der Waals surface area contributed by atoms with Gasteiger partial charge in [-0.2, -0.15) is 0 Å². The number of ether oxygens (including phenoxy) is 4. The van der Waals surface area contributed by atoms with Gasteiger partial charge in [0.2, 0.25) is 0 Å². The number of fused-ring (bicyclic) bond motifs is 3. The van der Waals surface area contributed by atoms with E-state index in [1.54, 1.807) is 6.08 Å². The van der Waals surface area contributed by atoms with Crippen LogP contribution in [-0.4, -0.2) is 70.0 Å². The van der Waals surface area contributed by atoms with E-state index in [-0.39, 0.29) is 36.9 Å². The second-order valence-electron chi connectivity index (χ2n) is 13.4. The molecule has 0 aromatic heterocycles. The average Bonchev–Trinajstić information content (AvgIpc) is 2.95. The van der Waals surface area contributed by atoms with Crippen LogP contribution in [-0.2, 0) is 23.7 Å². The van der Waals surface area contributed by atoms with Crippen LogP contribution in [0.1, 0.15) is 87.0 Å². The summed E-state index contributed by atoms with van der Waals surface area (Å²) in [5.74, 6) is -2.49. The Morgan fingerprint density at radius 3 is 2.58 bits per heavy atom. The predicted octanol–water partition coefficient (Wildman–Crippen LogP) is 5.44. The first-order chi connectivity index (χ1) is 20.3. The molecular weight excluding hydrogens is 548 g/mol. The molecule has 240 valence electrons. The lowest BCUT2D eigenvalue weighted by Crippen LogP contribution is -2.61. The Hall–Kier alpha value is -2.07. The molecule has 0 aromatic carbocycles. The van der Waals surface area contributed by atoms with Crippen LogP contribution in [0.3, 0.4) is 0 Å². The number of esters is 1. The molecule has 4 aliphatic rings. The van der Waals surface area contributed by atoms with Crippen molar-refractivity contribution >= 4 is 5.97 Å². The van der Waals surface area contributed by atoms with Crippen LogP contribution < -0.4 is 0 Å². The molecule has 3 heterocycles. The van der Waals surface area contributed by atoms with Crippen molar-refractivity contribution in [2.45, 2.75) is 129 Å². The van der Waals surface area contributed by atoms with Crippen molar-refractivity contribution in [2.24, 2.45) is 17.8 Å². The molecule has 1 spiro atoms. The molecule has 8 heteroatoms. The van der Waals surface area contributed by atoms with E-state index in [2.05, 4.69) is 32.9 Å². The molecule has 43 heavy (non-hydrogen) atoms. The zero-order valence-electron chi connectivity index (χ0n) is 26.9. The zero-order valence-corrected chi connectivity index (χ0v) is 26.9. The lowest BCUT2D eigenvalue weighted by Gasteiger charge is -2.52. The van der Waals surface area contributed by atoms with Crippen LogP contribution in [0.25, 0.3) is 0 Å². The molecule has 1 aliphatic carbocycles. The van der Waals surface area contributed by atoms with E-state index in [0.717, 1.165) is 17.6 Å². The summed E-state index contributed by atoms with van der Waals surface area (Å²) in [7, 11) is 0. The fourth-order valence-corrected chi connectivity index (χ4v) is 7.16. The number of allylic oxidation sites excluding steroid dienone is 5. The van der Waals surface area contributed by atoms with Crippen LogP contribution in [0.15, 0.2) is 58.7 Å². The standard InChI is InChI=1S/C35H52O8/c1-8-23(4)32-25(6)16-31(37)35(43-32)18-28-17-27(42-35)13-12-22(3)14-21(2)10-9-11-26(7)34(39)19-30(40-20-36)24(5)15-29(34)33(38)41-28/h8-12,15,21,25,27-32,36-37,39H,13-14,16-20H2,1-7H3/b10-9+,22-12+,23-8+,26-11+/t21-,25-,27+,28-,29-,30-,31?,32+,34+,35-/m0/s1. The molecule has 4 rings (SSSR count). The third-order valence-corrected chi connectivity index (χ3v) is 9.86. The average molecular weight is 601 g/mol. The molecule has 8 nitrogen and oxygen atoms in total. The minimum atomic E-state index is -1.58.